The molecule has 3 atom stereocenters. The second kappa shape index (κ2) is 16.5. The Hall–Kier alpha value is -4.47. The highest BCUT2D eigenvalue weighted by atomic mass is 35.5. The molecule has 2 aliphatic heterocycles. The number of rotatable bonds is 13. The van der Waals surface area contributed by atoms with Crippen LogP contribution in [-0.2, 0) is 4.79 Å². The van der Waals surface area contributed by atoms with Crippen molar-refractivity contribution in [2.45, 2.75) is 32.8 Å². The summed E-state index contributed by atoms with van der Waals surface area (Å²) in [6.45, 7) is 4.70. The zero-order valence-electron chi connectivity index (χ0n) is 29.0. The van der Waals surface area contributed by atoms with E-state index in [1.165, 1.54) is 34.3 Å². The molecule has 4 aromatic rings. The van der Waals surface area contributed by atoms with Gasteiger partial charge in [0.25, 0.3) is 5.91 Å². The molecule has 2 saturated heterocycles. The molecular formula is C36H42ClF4N8O3+. The second-order valence-corrected chi connectivity index (χ2v) is 13.7. The quantitative estimate of drug-likeness (QED) is 0.173. The van der Waals surface area contributed by atoms with Crippen LogP contribution < -0.4 is 20.3 Å². The predicted octanol–water partition coefficient (Wildman–Crippen LogP) is 4.50. The van der Waals surface area contributed by atoms with Crippen molar-refractivity contribution in [1.29, 1.82) is 0 Å². The number of piperazine rings is 1. The Balaban J connectivity index is 1.06. The van der Waals surface area contributed by atoms with Crippen LogP contribution >= 0.6 is 11.6 Å². The smallest absolute Gasteiger partial charge is 0.387 e. The lowest BCUT2D eigenvalue weighted by atomic mass is 9.99. The summed E-state index contributed by atoms with van der Waals surface area (Å²) in [5, 5.41) is 6.73. The molecule has 3 N–H and O–H groups in total. The van der Waals surface area contributed by atoms with Crippen molar-refractivity contribution in [3.05, 3.63) is 71.1 Å². The lowest BCUT2D eigenvalue weighted by Crippen LogP contribution is -3.09. The molecule has 0 spiro atoms. The fraction of sp³-hybridized carbons (Fsp3) is 0.444. The molecule has 4 heterocycles. The molecule has 6 rings (SSSR count). The summed E-state index contributed by atoms with van der Waals surface area (Å²) < 4.78 is 60.0. The number of nitrogens with one attached hydrogen (secondary N) is 3. The highest BCUT2D eigenvalue weighted by Gasteiger charge is 2.30. The normalized spacial score (nSPS) is 17.5. The van der Waals surface area contributed by atoms with Crippen molar-refractivity contribution in [3.63, 3.8) is 0 Å². The van der Waals surface area contributed by atoms with Crippen molar-refractivity contribution in [2.75, 3.05) is 64.7 Å². The van der Waals surface area contributed by atoms with Gasteiger partial charge in [0.2, 0.25) is 11.7 Å². The third-order valence-electron chi connectivity index (χ3n) is 9.87. The Morgan fingerprint density at radius 2 is 1.87 bits per heavy atom. The van der Waals surface area contributed by atoms with Gasteiger partial charge in [-0.25, -0.2) is 14.4 Å². The summed E-state index contributed by atoms with van der Waals surface area (Å²) in [5.74, 6) is -2.99. The number of halogens is 5. The van der Waals surface area contributed by atoms with Gasteiger partial charge in [-0.05, 0) is 49.7 Å². The molecule has 0 bridgehead atoms. The highest BCUT2D eigenvalue weighted by molar-refractivity contribution is 6.34. The molecule has 2 amide bonds. The fourth-order valence-electron chi connectivity index (χ4n) is 6.99. The minimum absolute atomic E-state index is 0.0341. The van der Waals surface area contributed by atoms with Crippen LogP contribution in [0.5, 0.6) is 5.75 Å². The Bertz CT molecular complexity index is 1900. The maximum Gasteiger partial charge on any atom is 0.387 e. The third kappa shape index (κ3) is 8.26. The fourth-order valence-corrected chi connectivity index (χ4v) is 7.25. The number of imidazole rings is 1. The van der Waals surface area contributed by atoms with E-state index in [4.69, 9.17) is 11.6 Å². The van der Waals surface area contributed by atoms with Gasteiger partial charge in [0.15, 0.2) is 23.0 Å². The number of carbonyl (C=O) groups is 2. The third-order valence-corrected chi connectivity index (χ3v) is 10.2. The second-order valence-electron chi connectivity index (χ2n) is 13.3. The maximum atomic E-state index is 14.9. The van der Waals surface area contributed by atoms with E-state index >= 15 is 0 Å². The first-order valence-corrected chi connectivity index (χ1v) is 17.8. The van der Waals surface area contributed by atoms with E-state index in [0.29, 0.717) is 43.3 Å². The highest BCUT2D eigenvalue weighted by Crippen LogP contribution is 2.33. The molecule has 2 aromatic heterocycles. The Kier molecular flexibility index (Phi) is 11.8. The van der Waals surface area contributed by atoms with E-state index in [-0.39, 0.29) is 45.5 Å². The van der Waals surface area contributed by atoms with Crippen LogP contribution in [0.1, 0.15) is 36.5 Å². The van der Waals surface area contributed by atoms with Crippen molar-refractivity contribution >= 4 is 40.6 Å². The SMILES string of the molecule is CCC(CC[NH+](C)CC1CCNC1)C(=O)N1CCN(C(=O)c2ccc(Nc3nccn4c(-c5ccc(OC(F)F)c(F)c5F)cnc34)cc2Cl)CC1. The number of alkyl halides is 2. The van der Waals surface area contributed by atoms with E-state index < -0.39 is 24.0 Å². The lowest BCUT2D eigenvalue weighted by Gasteiger charge is -2.36. The average Bonchev–Trinajstić information content (AvgIpc) is 3.81. The number of fused-ring (bicyclic) bond motifs is 1. The molecule has 11 nitrogen and oxygen atoms in total. The summed E-state index contributed by atoms with van der Waals surface area (Å²) in [4.78, 5) is 40.6. The largest absolute Gasteiger partial charge is 0.432 e. The monoisotopic (exact) mass is 745 g/mol. The van der Waals surface area contributed by atoms with Gasteiger partial charge in [-0.1, -0.05) is 18.5 Å². The van der Waals surface area contributed by atoms with Crippen molar-refractivity contribution in [3.8, 4) is 17.0 Å². The number of amides is 2. The van der Waals surface area contributed by atoms with Gasteiger partial charge in [0.05, 0.1) is 42.6 Å². The topological polar surface area (TPSA) is 109 Å². The number of anilines is 2. The molecule has 0 aliphatic carbocycles. The first-order chi connectivity index (χ1) is 25.0. The molecular weight excluding hydrogens is 704 g/mol. The van der Waals surface area contributed by atoms with Crippen molar-refractivity contribution in [2.24, 2.45) is 11.8 Å². The number of ether oxygens (including phenoxy) is 1. The van der Waals surface area contributed by atoms with Crippen LogP contribution in [0.25, 0.3) is 16.9 Å². The Morgan fingerprint density at radius 3 is 2.56 bits per heavy atom. The minimum Gasteiger partial charge on any atom is -0.432 e. The van der Waals surface area contributed by atoms with Gasteiger partial charge in [-0.2, -0.15) is 13.2 Å². The number of benzene rings is 2. The van der Waals surface area contributed by atoms with E-state index in [0.717, 1.165) is 51.2 Å². The zero-order chi connectivity index (χ0) is 36.9. The molecule has 278 valence electrons. The minimum atomic E-state index is -3.31. The van der Waals surface area contributed by atoms with Crippen LogP contribution in [0.3, 0.4) is 0 Å². The van der Waals surface area contributed by atoms with Gasteiger partial charge in [0.1, 0.15) is 0 Å². The van der Waals surface area contributed by atoms with Gasteiger partial charge in [0, 0.05) is 74.6 Å². The van der Waals surface area contributed by atoms with Gasteiger partial charge < -0.3 is 30.1 Å². The predicted molar refractivity (Wildman–Crippen MR) is 188 cm³/mol. The van der Waals surface area contributed by atoms with Crippen LogP contribution in [0.4, 0.5) is 29.1 Å². The van der Waals surface area contributed by atoms with Crippen LogP contribution in [-0.4, -0.2) is 102 Å². The number of aromatic nitrogens is 3. The Labute approximate surface area is 303 Å². The summed E-state index contributed by atoms with van der Waals surface area (Å²) in [6.07, 6.45) is 7.05. The first kappa shape index (κ1) is 37.3. The molecule has 2 aromatic carbocycles. The average molecular weight is 746 g/mol. The van der Waals surface area contributed by atoms with E-state index in [9.17, 15) is 27.2 Å². The van der Waals surface area contributed by atoms with Crippen LogP contribution in [0.2, 0.25) is 5.02 Å². The van der Waals surface area contributed by atoms with Gasteiger partial charge in [-0.15, -0.1) is 0 Å². The molecule has 0 radical (unpaired) electrons. The summed E-state index contributed by atoms with van der Waals surface area (Å²) >= 11 is 6.61. The summed E-state index contributed by atoms with van der Waals surface area (Å²) in [7, 11) is 2.20. The number of hydrogen-bond donors (Lipinski definition) is 3. The molecule has 2 fully saturated rings. The number of quaternary nitrogens is 1. The Morgan fingerprint density at radius 1 is 1.10 bits per heavy atom. The van der Waals surface area contributed by atoms with Crippen molar-refractivity contribution < 1.29 is 36.8 Å². The molecule has 2 aliphatic rings. The van der Waals surface area contributed by atoms with E-state index in [1.54, 1.807) is 23.1 Å². The summed E-state index contributed by atoms with van der Waals surface area (Å²) in [5.41, 5.74) is 0.988. The number of hydrogen-bond acceptors (Lipinski definition) is 7. The summed E-state index contributed by atoms with van der Waals surface area (Å²) in [6, 6.07) is 6.90. The molecule has 0 saturated carbocycles. The van der Waals surface area contributed by atoms with Crippen LogP contribution in [0.15, 0.2) is 48.9 Å². The van der Waals surface area contributed by atoms with Crippen molar-refractivity contribution in [1.82, 2.24) is 29.5 Å². The molecule has 3 unspecified atom stereocenters. The van der Waals surface area contributed by atoms with Crippen LogP contribution in [0, 0.1) is 23.5 Å². The molecule has 52 heavy (non-hydrogen) atoms. The standard InChI is InChI=1S/C36H41ClF4N8O3/c1-3-23(9-12-46(2)21-22-8-10-42-19-22)34(50)47-14-16-48(17-15-47)35(51)25-5-4-24(18-27(25)37)45-32-33-44-20-28(49(33)13-11-43-32)26-6-7-29(52-36(40)41)31(39)30(26)38/h4-7,11,13,18,20,22-23,36,42H,3,8-10,12,14-17,19,21H2,1-2H3,(H,43,45)/p+1. The number of nitrogens with zero attached hydrogens (tertiary/aromatic N) is 5. The van der Waals surface area contributed by atoms with E-state index in [2.05, 4.69) is 39.3 Å². The first-order valence-electron chi connectivity index (χ1n) is 17.5. The van der Waals surface area contributed by atoms with E-state index in [1.807, 2.05) is 4.90 Å². The van der Waals surface area contributed by atoms with Gasteiger partial charge in [-0.3, -0.25) is 14.0 Å². The molecule has 16 heteroatoms. The lowest BCUT2D eigenvalue weighted by molar-refractivity contribution is -0.883. The van der Waals surface area contributed by atoms with Gasteiger partial charge >= 0.3 is 6.61 Å². The maximum absolute atomic E-state index is 14.9. The number of carbonyl (C=O) groups excluding carboxylic acids is 2. The zero-order valence-corrected chi connectivity index (χ0v) is 29.7.